The predicted molar refractivity (Wildman–Crippen MR) is 68.6 cm³/mol. The first kappa shape index (κ1) is 12.6. The van der Waals surface area contributed by atoms with Crippen molar-refractivity contribution in [2.75, 3.05) is 6.54 Å². The summed E-state index contributed by atoms with van der Waals surface area (Å²) >= 11 is 0. The first-order valence-corrected chi connectivity index (χ1v) is 7.41. The van der Waals surface area contributed by atoms with Gasteiger partial charge in [-0.15, -0.1) is 0 Å². The molecule has 1 aromatic carbocycles. The summed E-state index contributed by atoms with van der Waals surface area (Å²) in [5, 5.41) is 0. The van der Waals surface area contributed by atoms with Crippen LogP contribution >= 0.6 is 0 Å². The number of hydrogen-bond acceptors (Lipinski definition) is 2. The van der Waals surface area contributed by atoms with E-state index >= 15 is 0 Å². The van der Waals surface area contributed by atoms with Gasteiger partial charge < -0.3 is 0 Å². The Labute approximate surface area is 104 Å². The quantitative estimate of drug-likeness (QED) is 0.776. The molecule has 0 spiro atoms. The highest BCUT2D eigenvalue weighted by atomic mass is 32.2. The van der Waals surface area contributed by atoms with E-state index in [0.29, 0.717) is 11.4 Å². The highest BCUT2D eigenvalue weighted by Crippen LogP contribution is 2.33. The van der Waals surface area contributed by atoms with Crippen LogP contribution in [-0.4, -0.2) is 25.3 Å². The first-order chi connectivity index (χ1) is 7.87. The lowest BCUT2D eigenvalue weighted by Gasteiger charge is -2.13. The van der Waals surface area contributed by atoms with Crippen molar-refractivity contribution in [3.05, 3.63) is 28.8 Å². The molecule has 1 saturated heterocycles. The number of hydrogen-bond donors (Lipinski definition) is 0. The molecule has 4 heteroatoms. The van der Waals surface area contributed by atoms with Crippen LogP contribution in [-0.2, 0) is 10.0 Å². The van der Waals surface area contributed by atoms with E-state index in [1.807, 2.05) is 39.8 Å². The summed E-state index contributed by atoms with van der Waals surface area (Å²) in [6.45, 7) is 8.43. The molecule has 2 atom stereocenters. The first-order valence-electron chi connectivity index (χ1n) is 5.97. The van der Waals surface area contributed by atoms with Gasteiger partial charge in [-0.3, -0.25) is 0 Å². The fourth-order valence-electron chi connectivity index (χ4n) is 2.48. The third-order valence-corrected chi connectivity index (χ3v) is 5.53. The summed E-state index contributed by atoms with van der Waals surface area (Å²) in [4.78, 5) is 0.499. The summed E-state index contributed by atoms with van der Waals surface area (Å²) in [5.41, 5.74) is 2.81. The number of aryl methyl sites for hydroxylation is 3. The molecular formula is C13H19NO2S. The minimum atomic E-state index is -3.27. The lowest BCUT2D eigenvalue weighted by Crippen LogP contribution is -2.17. The van der Waals surface area contributed by atoms with Crippen molar-refractivity contribution in [3.63, 3.8) is 0 Å². The molecule has 3 nitrogen and oxygen atoms in total. The van der Waals surface area contributed by atoms with Gasteiger partial charge in [0.25, 0.3) is 0 Å². The van der Waals surface area contributed by atoms with Gasteiger partial charge in [0.05, 0.1) is 4.90 Å². The van der Waals surface area contributed by atoms with Crippen LogP contribution in [0.2, 0.25) is 0 Å². The normalized spacial score (nSPS) is 23.8. The fourth-order valence-corrected chi connectivity index (χ4v) is 4.55. The highest BCUT2D eigenvalue weighted by Gasteiger charge is 2.44. The molecule has 2 rings (SSSR count). The smallest absolute Gasteiger partial charge is 0.207 e. The van der Waals surface area contributed by atoms with Crippen molar-refractivity contribution in [1.29, 1.82) is 0 Å². The molecule has 1 aliphatic heterocycles. The van der Waals surface area contributed by atoms with Crippen molar-refractivity contribution in [2.24, 2.45) is 0 Å². The van der Waals surface area contributed by atoms with Gasteiger partial charge in [-0.05, 0) is 38.3 Å². The summed E-state index contributed by atoms with van der Waals surface area (Å²) in [5.74, 6) is 0. The number of nitrogens with zero attached hydrogens (tertiary/aromatic N) is 1. The van der Waals surface area contributed by atoms with Gasteiger partial charge in [0.2, 0.25) is 10.0 Å². The second-order valence-corrected chi connectivity index (χ2v) is 6.69. The van der Waals surface area contributed by atoms with Crippen LogP contribution in [0.4, 0.5) is 0 Å². The third-order valence-electron chi connectivity index (χ3n) is 3.31. The summed E-state index contributed by atoms with van der Waals surface area (Å²) < 4.78 is 26.5. The molecular weight excluding hydrogens is 234 g/mol. The summed E-state index contributed by atoms with van der Waals surface area (Å²) in [7, 11) is -3.27. The molecule has 1 heterocycles. The Hall–Kier alpha value is -0.870. The number of benzene rings is 1. The molecule has 0 N–H and O–H groups in total. The zero-order chi connectivity index (χ0) is 12.8. The van der Waals surface area contributed by atoms with E-state index < -0.39 is 10.0 Å². The zero-order valence-corrected chi connectivity index (χ0v) is 11.6. The van der Waals surface area contributed by atoms with E-state index in [9.17, 15) is 8.42 Å². The Balaban J connectivity index is 2.48. The fraction of sp³-hybridized carbons (Fsp3) is 0.538. The van der Waals surface area contributed by atoms with Gasteiger partial charge in [0.15, 0.2) is 0 Å². The van der Waals surface area contributed by atoms with E-state index in [4.69, 9.17) is 0 Å². The van der Waals surface area contributed by atoms with Crippen molar-refractivity contribution >= 4 is 10.0 Å². The van der Waals surface area contributed by atoms with Crippen LogP contribution in [0.3, 0.4) is 0 Å². The topological polar surface area (TPSA) is 37.1 Å². The average Bonchev–Trinajstić information content (AvgIpc) is 2.94. The lowest BCUT2D eigenvalue weighted by molar-refractivity contribution is 0.549. The predicted octanol–water partition coefficient (Wildman–Crippen LogP) is 2.39. The molecule has 0 amide bonds. The van der Waals surface area contributed by atoms with Crippen LogP contribution in [0.1, 0.15) is 30.0 Å². The van der Waals surface area contributed by atoms with Gasteiger partial charge >= 0.3 is 0 Å². The number of sulfonamides is 1. The second-order valence-electron chi connectivity index (χ2n) is 4.86. The Kier molecular flexibility index (Phi) is 3.04. The number of rotatable bonds is 3. The maximum atomic E-state index is 12.4. The van der Waals surface area contributed by atoms with E-state index in [0.717, 1.165) is 23.1 Å². The molecule has 0 aromatic heterocycles. The molecule has 1 unspecified atom stereocenters. The Bertz CT molecular complexity index is 526. The zero-order valence-electron chi connectivity index (χ0n) is 10.8. The summed E-state index contributed by atoms with van der Waals surface area (Å²) in [6, 6.07) is 4.08. The largest absolute Gasteiger partial charge is 0.243 e. The minimum absolute atomic E-state index is 0.208. The molecule has 0 radical (unpaired) electrons. The SMILES string of the molecule is CC[C@H]1CN1S(=O)(=O)c1c(C)cc(C)cc1C. The molecule has 1 fully saturated rings. The van der Waals surface area contributed by atoms with Gasteiger partial charge in [-0.1, -0.05) is 24.6 Å². The molecule has 17 heavy (non-hydrogen) atoms. The van der Waals surface area contributed by atoms with Crippen molar-refractivity contribution in [2.45, 2.75) is 45.1 Å². The van der Waals surface area contributed by atoms with Crippen molar-refractivity contribution in [1.82, 2.24) is 4.31 Å². The average molecular weight is 253 g/mol. The molecule has 0 saturated carbocycles. The molecule has 1 aromatic rings. The van der Waals surface area contributed by atoms with Crippen molar-refractivity contribution in [3.8, 4) is 0 Å². The second kappa shape index (κ2) is 4.10. The van der Waals surface area contributed by atoms with Crippen LogP contribution in [0.5, 0.6) is 0 Å². The van der Waals surface area contributed by atoms with Crippen LogP contribution < -0.4 is 0 Å². The van der Waals surface area contributed by atoms with E-state index in [1.54, 1.807) is 4.31 Å². The lowest BCUT2D eigenvalue weighted by atomic mass is 10.1. The molecule has 1 aliphatic rings. The third kappa shape index (κ3) is 2.11. The maximum absolute atomic E-state index is 12.4. The van der Waals surface area contributed by atoms with E-state index in [1.165, 1.54) is 0 Å². The Morgan fingerprint density at radius 2 is 1.76 bits per heavy atom. The highest BCUT2D eigenvalue weighted by molar-refractivity contribution is 7.89. The standard InChI is InChI=1S/C13H19NO2S/c1-5-12-8-14(12)17(15,16)13-10(3)6-9(2)7-11(13)4/h6-7,12H,5,8H2,1-4H3/t12-,14?/m0/s1. The van der Waals surface area contributed by atoms with Crippen LogP contribution in [0.15, 0.2) is 17.0 Å². The summed E-state index contributed by atoms with van der Waals surface area (Å²) in [6.07, 6.45) is 0.892. The Morgan fingerprint density at radius 3 is 2.18 bits per heavy atom. The van der Waals surface area contributed by atoms with E-state index in [2.05, 4.69) is 0 Å². The van der Waals surface area contributed by atoms with Crippen LogP contribution in [0.25, 0.3) is 0 Å². The van der Waals surface area contributed by atoms with Gasteiger partial charge in [-0.2, -0.15) is 4.31 Å². The molecule has 0 bridgehead atoms. The van der Waals surface area contributed by atoms with Gasteiger partial charge in [0, 0.05) is 12.6 Å². The van der Waals surface area contributed by atoms with Crippen LogP contribution in [0, 0.1) is 20.8 Å². The van der Waals surface area contributed by atoms with Gasteiger partial charge in [0.1, 0.15) is 0 Å². The Morgan fingerprint density at radius 1 is 1.24 bits per heavy atom. The minimum Gasteiger partial charge on any atom is -0.207 e. The van der Waals surface area contributed by atoms with Gasteiger partial charge in [-0.25, -0.2) is 8.42 Å². The molecule has 94 valence electrons. The monoisotopic (exact) mass is 253 g/mol. The molecule has 0 aliphatic carbocycles. The van der Waals surface area contributed by atoms with Crippen molar-refractivity contribution < 1.29 is 8.42 Å². The van der Waals surface area contributed by atoms with E-state index in [-0.39, 0.29) is 6.04 Å². The maximum Gasteiger partial charge on any atom is 0.243 e.